The van der Waals surface area contributed by atoms with Gasteiger partial charge in [-0.3, -0.25) is 9.59 Å². The van der Waals surface area contributed by atoms with Gasteiger partial charge in [0.25, 0.3) is 5.91 Å². The van der Waals surface area contributed by atoms with E-state index in [4.69, 9.17) is 27.9 Å². The number of benzene rings is 2. The minimum Gasteiger partial charge on any atom is -0.484 e. The summed E-state index contributed by atoms with van der Waals surface area (Å²) in [6.45, 7) is 1.37. The first-order chi connectivity index (χ1) is 16.4. The average Bonchev–Trinajstić information content (AvgIpc) is 2.85. The number of ether oxygens (including phenoxy) is 1. The van der Waals surface area contributed by atoms with Crippen molar-refractivity contribution in [2.75, 3.05) is 19.7 Å². The Morgan fingerprint density at radius 3 is 2.29 bits per heavy atom. The Morgan fingerprint density at radius 2 is 1.65 bits per heavy atom. The Balaban J connectivity index is 1.17. The van der Waals surface area contributed by atoms with E-state index in [1.54, 1.807) is 0 Å². The Morgan fingerprint density at radius 1 is 0.971 bits per heavy atom. The largest absolute Gasteiger partial charge is 0.484 e. The molecular formula is C26H29Cl2FN2O3. The molecule has 4 rings (SSSR count). The summed E-state index contributed by atoms with van der Waals surface area (Å²) in [5.74, 6) is 0.150. The number of halogens is 3. The van der Waals surface area contributed by atoms with Crippen molar-refractivity contribution in [1.82, 2.24) is 10.2 Å². The second-order valence-electron chi connectivity index (χ2n) is 9.13. The lowest BCUT2D eigenvalue weighted by molar-refractivity contribution is -0.137. The fraction of sp³-hybridized carbons (Fsp3) is 0.462. The zero-order valence-corrected chi connectivity index (χ0v) is 20.5. The van der Waals surface area contributed by atoms with E-state index >= 15 is 0 Å². The summed E-state index contributed by atoms with van der Waals surface area (Å²) in [6, 6.07) is 12.1. The number of nitrogens with zero attached hydrogens (tertiary/aromatic N) is 1. The first-order valence-corrected chi connectivity index (χ1v) is 12.6. The Labute approximate surface area is 209 Å². The van der Waals surface area contributed by atoms with E-state index in [1.165, 1.54) is 17.7 Å². The van der Waals surface area contributed by atoms with Crippen LogP contribution in [0, 0.1) is 11.7 Å². The molecule has 0 aromatic heterocycles. The van der Waals surface area contributed by atoms with Gasteiger partial charge in [0.2, 0.25) is 5.91 Å². The van der Waals surface area contributed by atoms with E-state index in [2.05, 4.69) is 17.4 Å². The molecule has 1 aliphatic heterocycles. The normalized spacial score (nSPS) is 21.2. The van der Waals surface area contributed by atoms with Crippen molar-refractivity contribution in [2.24, 2.45) is 5.92 Å². The molecule has 0 spiro atoms. The number of nitrogens with one attached hydrogen (secondary N) is 1. The lowest BCUT2D eigenvalue weighted by Crippen LogP contribution is -2.45. The predicted molar refractivity (Wildman–Crippen MR) is 131 cm³/mol. The van der Waals surface area contributed by atoms with Crippen LogP contribution in [0.2, 0.25) is 10.0 Å². The molecule has 1 N–H and O–H groups in total. The van der Waals surface area contributed by atoms with Crippen molar-refractivity contribution < 1.29 is 18.7 Å². The van der Waals surface area contributed by atoms with Crippen LogP contribution in [0.25, 0.3) is 0 Å². The first-order valence-electron chi connectivity index (χ1n) is 11.8. The summed E-state index contributed by atoms with van der Waals surface area (Å²) >= 11 is 11.6. The standard InChI is InChI=1S/C26H29Cl2FN2O3/c27-20-5-1-17(2-6-20)18-11-13-31(14-12-18)26(33)19-3-7-21(8-4-19)30-25(32)16-34-22-9-10-23(28)24(29)15-22/h1-2,5-6,9-10,15,18-19,21H,3-4,7-8,11-14,16H2,(H,30,32)/t19-,21-. The topological polar surface area (TPSA) is 58.6 Å². The van der Waals surface area contributed by atoms with Crippen molar-refractivity contribution in [3.63, 3.8) is 0 Å². The molecule has 1 saturated carbocycles. The van der Waals surface area contributed by atoms with Gasteiger partial charge in [0.05, 0.1) is 5.02 Å². The van der Waals surface area contributed by atoms with E-state index in [0.29, 0.717) is 5.92 Å². The van der Waals surface area contributed by atoms with E-state index < -0.39 is 5.82 Å². The van der Waals surface area contributed by atoms with Crippen LogP contribution in [-0.4, -0.2) is 42.5 Å². The Bertz CT molecular complexity index is 1000. The third-order valence-corrected chi connectivity index (χ3v) is 7.41. The fourth-order valence-corrected chi connectivity index (χ4v) is 5.14. The van der Waals surface area contributed by atoms with Gasteiger partial charge >= 0.3 is 0 Å². The second-order valence-corrected chi connectivity index (χ2v) is 9.98. The molecule has 2 aliphatic rings. The zero-order chi connectivity index (χ0) is 24.1. The molecule has 0 unspecified atom stereocenters. The molecule has 8 heteroatoms. The Hall–Kier alpha value is -2.31. The van der Waals surface area contributed by atoms with E-state index in [-0.39, 0.29) is 41.2 Å². The molecule has 2 aromatic rings. The summed E-state index contributed by atoms with van der Waals surface area (Å²) in [4.78, 5) is 27.3. The predicted octanol–water partition coefficient (Wildman–Crippen LogP) is 5.59. The molecule has 2 amide bonds. The molecule has 2 fully saturated rings. The highest BCUT2D eigenvalue weighted by Crippen LogP contribution is 2.32. The number of rotatable bonds is 6. The minimum absolute atomic E-state index is 0.00837. The van der Waals surface area contributed by atoms with Crippen LogP contribution < -0.4 is 10.1 Å². The summed E-state index contributed by atoms with van der Waals surface area (Å²) in [7, 11) is 0. The molecule has 2 aromatic carbocycles. The molecule has 5 nitrogen and oxygen atoms in total. The molecule has 0 radical (unpaired) electrons. The lowest BCUT2D eigenvalue weighted by atomic mass is 9.84. The summed E-state index contributed by atoms with van der Waals surface area (Å²) in [5.41, 5.74) is 1.29. The maximum absolute atomic E-state index is 13.5. The summed E-state index contributed by atoms with van der Waals surface area (Å²) < 4.78 is 18.8. The van der Waals surface area contributed by atoms with Gasteiger partial charge in [0, 0.05) is 36.1 Å². The van der Waals surface area contributed by atoms with Crippen LogP contribution in [0.4, 0.5) is 4.39 Å². The number of likely N-dealkylation sites (tertiary alicyclic amines) is 1. The van der Waals surface area contributed by atoms with E-state index in [1.807, 2.05) is 17.0 Å². The van der Waals surface area contributed by atoms with Gasteiger partial charge in [-0.05, 0) is 74.3 Å². The van der Waals surface area contributed by atoms with Crippen LogP contribution in [0.1, 0.15) is 50.0 Å². The van der Waals surface area contributed by atoms with E-state index in [9.17, 15) is 14.0 Å². The van der Waals surface area contributed by atoms with Gasteiger partial charge in [-0.2, -0.15) is 0 Å². The van der Waals surface area contributed by atoms with Gasteiger partial charge in [-0.1, -0.05) is 35.3 Å². The van der Waals surface area contributed by atoms with Crippen molar-refractivity contribution >= 4 is 35.0 Å². The highest BCUT2D eigenvalue weighted by Gasteiger charge is 2.32. The van der Waals surface area contributed by atoms with Crippen LogP contribution >= 0.6 is 23.2 Å². The molecule has 0 atom stereocenters. The Kier molecular flexibility index (Phi) is 8.32. The zero-order valence-electron chi connectivity index (χ0n) is 18.9. The van der Waals surface area contributed by atoms with E-state index in [0.717, 1.165) is 62.7 Å². The number of hydrogen-bond acceptors (Lipinski definition) is 3. The number of carbonyl (C=O) groups excluding carboxylic acids is 2. The quantitative estimate of drug-likeness (QED) is 0.555. The number of piperidine rings is 1. The minimum atomic E-state index is -0.586. The SMILES string of the molecule is O=C(COc1ccc(Cl)c(F)c1)N[C@H]1CC[C@H](C(=O)N2CCC(c3ccc(Cl)cc3)CC2)CC1. The third kappa shape index (κ3) is 6.42. The molecule has 182 valence electrons. The summed E-state index contributed by atoms with van der Waals surface area (Å²) in [5, 5.41) is 3.72. The highest BCUT2D eigenvalue weighted by molar-refractivity contribution is 6.30. The molecule has 34 heavy (non-hydrogen) atoms. The van der Waals surface area contributed by atoms with Crippen molar-refractivity contribution in [2.45, 2.75) is 50.5 Å². The van der Waals surface area contributed by atoms with Gasteiger partial charge in [0.1, 0.15) is 11.6 Å². The van der Waals surface area contributed by atoms with Crippen LogP contribution in [0.3, 0.4) is 0 Å². The number of amides is 2. The van der Waals surface area contributed by atoms with Crippen LogP contribution in [0.5, 0.6) is 5.75 Å². The van der Waals surface area contributed by atoms with Crippen LogP contribution in [-0.2, 0) is 9.59 Å². The molecule has 0 bridgehead atoms. The van der Waals surface area contributed by atoms with Gasteiger partial charge in [-0.25, -0.2) is 4.39 Å². The second kappa shape index (κ2) is 11.4. The first kappa shape index (κ1) is 24.8. The monoisotopic (exact) mass is 506 g/mol. The lowest BCUT2D eigenvalue weighted by Gasteiger charge is -2.36. The van der Waals surface area contributed by atoms with Crippen LogP contribution in [0.15, 0.2) is 42.5 Å². The number of carbonyl (C=O) groups is 2. The van der Waals surface area contributed by atoms with Crippen molar-refractivity contribution in [1.29, 1.82) is 0 Å². The smallest absolute Gasteiger partial charge is 0.258 e. The highest BCUT2D eigenvalue weighted by atomic mass is 35.5. The summed E-state index contributed by atoms with van der Waals surface area (Å²) in [6.07, 6.45) is 5.00. The maximum Gasteiger partial charge on any atom is 0.258 e. The van der Waals surface area contributed by atoms with Gasteiger partial charge in [0.15, 0.2) is 6.61 Å². The average molecular weight is 507 g/mol. The molecule has 1 aliphatic carbocycles. The van der Waals surface area contributed by atoms with Crippen molar-refractivity contribution in [3.8, 4) is 5.75 Å². The third-order valence-electron chi connectivity index (χ3n) is 6.85. The number of hydrogen-bond donors (Lipinski definition) is 1. The molecule has 1 heterocycles. The molecule has 1 saturated heterocycles. The van der Waals surface area contributed by atoms with Gasteiger partial charge < -0.3 is 15.0 Å². The maximum atomic E-state index is 13.5. The van der Waals surface area contributed by atoms with Gasteiger partial charge in [-0.15, -0.1) is 0 Å². The molecular weight excluding hydrogens is 478 g/mol. The fourth-order valence-electron chi connectivity index (χ4n) is 4.90. The van der Waals surface area contributed by atoms with Crippen molar-refractivity contribution in [3.05, 3.63) is 63.9 Å².